The summed E-state index contributed by atoms with van der Waals surface area (Å²) in [7, 11) is 0. The van der Waals surface area contributed by atoms with Crippen LogP contribution in [0.4, 0.5) is 11.4 Å². The summed E-state index contributed by atoms with van der Waals surface area (Å²) in [4.78, 5) is 22.8. The minimum atomic E-state index is -1.14. The highest BCUT2D eigenvalue weighted by Crippen LogP contribution is 2.54. The van der Waals surface area contributed by atoms with E-state index < -0.39 is 10.9 Å². The third kappa shape index (κ3) is 2.85. The molecule has 2 aliphatic rings. The summed E-state index contributed by atoms with van der Waals surface area (Å²) in [5, 5.41) is 25.4. The number of fused-ring (bicyclic) bond motifs is 3. The Morgan fingerprint density at radius 2 is 2.04 bits per heavy atom. The van der Waals surface area contributed by atoms with Crippen LogP contribution in [0, 0.1) is 16.0 Å². The van der Waals surface area contributed by atoms with Crippen LogP contribution in [0.5, 0.6) is 0 Å². The fourth-order valence-corrected chi connectivity index (χ4v) is 4.61. The van der Waals surface area contributed by atoms with E-state index in [-0.39, 0.29) is 34.8 Å². The number of carboxylic acids is 1. The summed E-state index contributed by atoms with van der Waals surface area (Å²) in [5.74, 6) is -1.42. The Bertz CT molecular complexity index is 1010. The van der Waals surface area contributed by atoms with E-state index >= 15 is 0 Å². The number of carboxylic acid groups (broad SMARTS) is 1. The fourth-order valence-electron chi connectivity index (χ4n) is 4.09. The summed E-state index contributed by atoms with van der Waals surface area (Å²) in [6.07, 6.45) is 4.59. The monoisotopic (exact) mass is 404 g/mol. The van der Waals surface area contributed by atoms with Crippen LogP contribution in [0.2, 0.25) is 10.0 Å². The van der Waals surface area contributed by atoms with Crippen LogP contribution in [0.25, 0.3) is 0 Å². The van der Waals surface area contributed by atoms with Gasteiger partial charge in [0.25, 0.3) is 5.69 Å². The van der Waals surface area contributed by atoms with Gasteiger partial charge in [0.2, 0.25) is 0 Å². The van der Waals surface area contributed by atoms with Crippen LogP contribution >= 0.6 is 23.2 Å². The zero-order valence-corrected chi connectivity index (χ0v) is 15.4. The van der Waals surface area contributed by atoms with Crippen LogP contribution < -0.4 is 5.32 Å². The van der Waals surface area contributed by atoms with Crippen molar-refractivity contribution < 1.29 is 14.8 Å². The van der Waals surface area contributed by atoms with E-state index in [0.717, 1.165) is 5.56 Å². The topological polar surface area (TPSA) is 92.5 Å². The first-order valence-corrected chi connectivity index (χ1v) is 9.06. The molecule has 0 saturated carbocycles. The number of anilines is 1. The summed E-state index contributed by atoms with van der Waals surface area (Å²) in [6, 6.07) is 7.42. The SMILES string of the molecule is O=C(O)c1ccc([N+](=O)[O-])c2c1N[C@H](c1ccc(Cl)cc1Cl)[C@H]1CC=C[C@H]21. The molecule has 2 aromatic rings. The first kappa shape index (κ1) is 17.8. The molecule has 0 aromatic heterocycles. The number of hydrogen-bond acceptors (Lipinski definition) is 4. The highest BCUT2D eigenvalue weighted by molar-refractivity contribution is 6.35. The highest BCUT2D eigenvalue weighted by atomic mass is 35.5. The number of carbonyl (C=O) groups is 1. The van der Waals surface area contributed by atoms with E-state index in [1.165, 1.54) is 12.1 Å². The largest absolute Gasteiger partial charge is 0.478 e. The summed E-state index contributed by atoms with van der Waals surface area (Å²) >= 11 is 12.4. The maximum Gasteiger partial charge on any atom is 0.337 e. The van der Waals surface area contributed by atoms with E-state index in [4.69, 9.17) is 23.2 Å². The summed E-state index contributed by atoms with van der Waals surface area (Å²) < 4.78 is 0. The van der Waals surface area contributed by atoms with E-state index in [1.807, 2.05) is 12.2 Å². The van der Waals surface area contributed by atoms with E-state index in [2.05, 4.69) is 5.32 Å². The first-order valence-electron chi connectivity index (χ1n) is 8.31. The molecular formula is C19H14Cl2N2O4. The lowest BCUT2D eigenvalue weighted by Crippen LogP contribution is -2.31. The molecule has 6 nitrogen and oxygen atoms in total. The third-order valence-corrected chi connectivity index (χ3v) is 5.78. The van der Waals surface area contributed by atoms with E-state index in [0.29, 0.717) is 22.0 Å². The van der Waals surface area contributed by atoms with Crippen molar-refractivity contribution in [1.82, 2.24) is 0 Å². The molecule has 27 heavy (non-hydrogen) atoms. The number of halogens is 2. The summed E-state index contributed by atoms with van der Waals surface area (Å²) in [6.45, 7) is 0. The van der Waals surface area contributed by atoms with Gasteiger partial charge in [0.05, 0.1) is 27.8 Å². The van der Waals surface area contributed by atoms with Crippen molar-refractivity contribution >= 4 is 40.5 Å². The van der Waals surface area contributed by atoms with E-state index in [9.17, 15) is 20.0 Å². The molecule has 0 radical (unpaired) electrons. The molecule has 138 valence electrons. The lowest BCUT2D eigenvalue weighted by molar-refractivity contribution is -0.385. The molecule has 8 heteroatoms. The molecule has 3 atom stereocenters. The van der Waals surface area contributed by atoms with Gasteiger partial charge in [-0.2, -0.15) is 0 Å². The lowest BCUT2D eigenvalue weighted by atomic mass is 9.75. The van der Waals surface area contributed by atoms with Gasteiger partial charge >= 0.3 is 5.97 Å². The summed E-state index contributed by atoms with van der Waals surface area (Å²) in [5.41, 5.74) is 1.41. The van der Waals surface area contributed by atoms with Gasteiger partial charge in [-0.25, -0.2) is 4.79 Å². The second kappa shape index (κ2) is 6.55. The molecule has 1 aliphatic carbocycles. The minimum Gasteiger partial charge on any atom is -0.478 e. The Morgan fingerprint density at radius 1 is 1.26 bits per heavy atom. The number of rotatable bonds is 3. The van der Waals surface area contributed by atoms with Gasteiger partial charge in [-0.15, -0.1) is 0 Å². The average Bonchev–Trinajstić information content (AvgIpc) is 3.09. The normalized spacial score (nSPS) is 22.7. The predicted octanol–water partition coefficient (Wildman–Crippen LogP) is 5.43. The van der Waals surface area contributed by atoms with Gasteiger partial charge in [-0.3, -0.25) is 10.1 Å². The molecule has 0 amide bonds. The Hall–Kier alpha value is -2.57. The maximum absolute atomic E-state index is 11.7. The van der Waals surface area contributed by atoms with Crippen molar-refractivity contribution in [3.63, 3.8) is 0 Å². The average molecular weight is 405 g/mol. The van der Waals surface area contributed by atoms with Gasteiger partial charge in [-0.05, 0) is 36.1 Å². The van der Waals surface area contributed by atoms with Crippen LogP contribution in [0.15, 0.2) is 42.5 Å². The van der Waals surface area contributed by atoms with Gasteiger partial charge in [0.1, 0.15) is 0 Å². The third-order valence-electron chi connectivity index (χ3n) is 5.22. The van der Waals surface area contributed by atoms with Crippen molar-refractivity contribution in [1.29, 1.82) is 0 Å². The quantitative estimate of drug-likeness (QED) is 0.404. The molecule has 0 bridgehead atoms. The first-order chi connectivity index (χ1) is 12.9. The van der Waals surface area contributed by atoms with Crippen LogP contribution in [-0.2, 0) is 0 Å². The second-order valence-corrected chi connectivity index (χ2v) is 7.47. The standard InChI is InChI=1S/C19H14Cl2N2O4/c20-9-4-5-12(14(21)8-9)17-11-3-1-2-10(11)16-15(23(26)27)7-6-13(19(24)25)18(16)22-17/h1-2,4-8,10-11,17,22H,3H2,(H,24,25)/t10-,11-,17-/m0/s1. The maximum atomic E-state index is 11.7. The number of nitro benzene ring substituents is 1. The number of aromatic carboxylic acids is 1. The second-order valence-electron chi connectivity index (χ2n) is 6.62. The lowest BCUT2D eigenvalue weighted by Gasteiger charge is -2.38. The number of allylic oxidation sites excluding steroid dienone is 2. The van der Waals surface area contributed by atoms with Crippen molar-refractivity contribution in [3.05, 3.63) is 79.3 Å². The number of nitrogens with zero attached hydrogens (tertiary/aromatic N) is 1. The van der Waals surface area contributed by atoms with Crippen molar-refractivity contribution in [2.24, 2.45) is 5.92 Å². The molecular weight excluding hydrogens is 391 g/mol. The van der Waals surface area contributed by atoms with Gasteiger partial charge in [0.15, 0.2) is 0 Å². The number of nitro groups is 1. The fraction of sp³-hybridized carbons (Fsp3) is 0.211. The Morgan fingerprint density at radius 3 is 2.70 bits per heavy atom. The van der Waals surface area contributed by atoms with E-state index in [1.54, 1.807) is 18.2 Å². The number of benzene rings is 2. The van der Waals surface area contributed by atoms with Crippen LogP contribution in [-0.4, -0.2) is 16.0 Å². The molecule has 0 saturated heterocycles. The zero-order chi connectivity index (χ0) is 19.3. The van der Waals surface area contributed by atoms with Crippen LogP contribution in [0.1, 0.15) is 39.9 Å². The van der Waals surface area contributed by atoms with Crippen LogP contribution in [0.3, 0.4) is 0 Å². The zero-order valence-electron chi connectivity index (χ0n) is 13.9. The van der Waals surface area contributed by atoms with Crippen molar-refractivity contribution in [3.8, 4) is 0 Å². The molecule has 1 aliphatic heterocycles. The van der Waals surface area contributed by atoms with Gasteiger partial charge < -0.3 is 10.4 Å². The minimum absolute atomic E-state index is 0.00411. The number of nitrogens with one attached hydrogen (secondary N) is 1. The van der Waals surface area contributed by atoms with Gasteiger partial charge in [0, 0.05) is 22.0 Å². The number of hydrogen-bond donors (Lipinski definition) is 2. The molecule has 0 unspecified atom stereocenters. The predicted molar refractivity (Wildman–Crippen MR) is 103 cm³/mol. The van der Waals surface area contributed by atoms with Gasteiger partial charge in [-0.1, -0.05) is 41.4 Å². The smallest absolute Gasteiger partial charge is 0.337 e. The molecule has 1 heterocycles. The Labute approximate surface area is 164 Å². The Kier molecular flexibility index (Phi) is 4.32. The van der Waals surface area contributed by atoms with Crippen molar-refractivity contribution in [2.75, 3.05) is 5.32 Å². The molecule has 2 N–H and O–H groups in total. The van der Waals surface area contributed by atoms with Crippen molar-refractivity contribution in [2.45, 2.75) is 18.4 Å². The molecule has 2 aromatic carbocycles. The molecule has 4 rings (SSSR count). The highest BCUT2D eigenvalue weighted by Gasteiger charge is 2.43. The molecule has 0 fully saturated rings. The molecule has 0 spiro atoms. The Balaban J connectivity index is 1.93.